The highest BCUT2D eigenvalue weighted by atomic mass is 16.5. The number of methoxy groups -OCH3 is 1. The van der Waals surface area contributed by atoms with Crippen LogP contribution in [0.5, 0.6) is 11.5 Å². The minimum absolute atomic E-state index is 0.736. The van der Waals surface area contributed by atoms with E-state index in [1.807, 2.05) is 48.5 Å². The van der Waals surface area contributed by atoms with E-state index in [0.717, 1.165) is 59.1 Å². The van der Waals surface area contributed by atoms with Crippen molar-refractivity contribution in [3.8, 4) is 22.8 Å². The Morgan fingerprint density at radius 1 is 1.00 bits per heavy atom. The molecule has 0 fully saturated rings. The Morgan fingerprint density at radius 2 is 1.85 bits per heavy atom. The Bertz CT molecular complexity index is 975. The summed E-state index contributed by atoms with van der Waals surface area (Å²) in [7, 11) is 1.71. The molecule has 0 atom stereocenters. The maximum Gasteiger partial charge on any atom is 0.129 e. The fraction of sp³-hybridized carbons (Fsp3) is 0.200. The topological polar surface area (TPSA) is 75.8 Å². The number of hydrogen-bond donors (Lipinski definition) is 2. The number of hydrogen-bond acceptors (Lipinski definition) is 4. The standard InChI is InChI=1S/C20H20N4O2/c1-25-12-2-3-20-22-18-9-8-16(13-19(18)23-20)26-15-6-4-14(5-7-15)17-10-11-21-24-17/h4-11,13H,2-3,12H2,1H3,(H,21,24)(H,22,23). The molecule has 4 rings (SSSR count). The molecule has 0 aliphatic rings. The van der Waals surface area contributed by atoms with Gasteiger partial charge in [-0.25, -0.2) is 4.98 Å². The van der Waals surface area contributed by atoms with E-state index < -0.39 is 0 Å². The molecule has 0 amide bonds. The predicted octanol–water partition coefficient (Wildman–Crippen LogP) is 4.32. The number of ether oxygens (including phenoxy) is 2. The summed E-state index contributed by atoms with van der Waals surface area (Å²) in [6.45, 7) is 0.736. The third-order valence-corrected chi connectivity index (χ3v) is 4.17. The minimum atomic E-state index is 0.736. The lowest BCUT2D eigenvalue weighted by molar-refractivity contribution is 0.194. The number of aromatic nitrogens is 4. The molecule has 6 nitrogen and oxygen atoms in total. The first-order chi connectivity index (χ1) is 12.8. The largest absolute Gasteiger partial charge is 0.457 e. The van der Waals surface area contributed by atoms with Gasteiger partial charge in [0.1, 0.15) is 17.3 Å². The van der Waals surface area contributed by atoms with E-state index in [0.29, 0.717) is 0 Å². The van der Waals surface area contributed by atoms with Gasteiger partial charge >= 0.3 is 0 Å². The number of H-pyrrole nitrogens is 2. The summed E-state index contributed by atoms with van der Waals surface area (Å²) in [5.74, 6) is 2.52. The molecule has 0 radical (unpaired) electrons. The SMILES string of the molecule is COCCCc1nc2cc(Oc3ccc(-c4ccn[nH]4)cc3)ccc2[nH]1. The summed E-state index contributed by atoms with van der Waals surface area (Å²) in [5.41, 5.74) is 3.97. The van der Waals surface area contributed by atoms with Crippen LogP contribution in [0.15, 0.2) is 54.7 Å². The lowest BCUT2D eigenvalue weighted by Gasteiger charge is -2.06. The van der Waals surface area contributed by atoms with Crippen LogP contribution >= 0.6 is 0 Å². The van der Waals surface area contributed by atoms with Crippen molar-refractivity contribution in [2.75, 3.05) is 13.7 Å². The first-order valence-electron chi connectivity index (χ1n) is 8.57. The van der Waals surface area contributed by atoms with Gasteiger partial charge in [0, 0.05) is 32.4 Å². The molecule has 0 saturated heterocycles. The highest BCUT2D eigenvalue weighted by molar-refractivity contribution is 5.77. The van der Waals surface area contributed by atoms with Crippen LogP contribution < -0.4 is 4.74 Å². The van der Waals surface area contributed by atoms with E-state index in [-0.39, 0.29) is 0 Å². The Morgan fingerprint density at radius 3 is 2.62 bits per heavy atom. The van der Waals surface area contributed by atoms with E-state index in [9.17, 15) is 0 Å². The molecule has 2 aromatic carbocycles. The van der Waals surface area contributed by atoms with Gasteiger partial charge in [-0.2, -0.15) is 5.10 Å². The molecule has 132 valence electrons. The molecule has 2 N–H and O–H groups in total. The van der Waals surface area contributed by atoms with Crippen LogP contribution in [0.2, 0.25) is 0 Å². The quantitative estimate of drug-likeness (QED) is 0.488. The van der Waals surface area contributed by atoms with Gasteiger partial charge in [-0.05, 0) is 54.4 Å². The van der Waals surface area contributed by atoms with E-state index in [4.69, 9.17) is 9.47 Å². The van der Waals surface area contributed by atoms with Crippen LogP contribution in [0.1, 0.15) is 12.2 Å². The van der Waals surface area contributed by atoms with Gasteiger partial charge in [-0.15, -0.1) is 0 Å². The van der Waals surface area contributed by atoms with Crippen molar-refractivity contribution in [2.45, 2.75) is 12.8 Å². The molecule has 26 heavy (non-hydrogen) atoms. The molecular formula is C20H20N4O2. The zero-order valence-corrected chi connectivity index (χ0v) is 14.5. The predicted molar refractivity (Wildman–Crippen MR) is 100 cm³/mol. The summed E-state index contributed by atoms with van der Waals surface area (Å²) in [4.78, 5) is 7.97. The summed E-state index contributed by atoms with van der Waals surface area (Å²) in [6.07, 6.45) is 3.55. The van der Waals surface area contributed by atoms with Crippen LogP contribution in [0.4, 0.5) is 0 Å². The molecule has 0 aliphatic carbocycles. The number of nitrogens with zero attached hydrogens (tertiary/aromatic N) is 2. The smallest absolute Gasteiger partial charge is 0.129 e. The van der Waals surface area contributed by atoms with Crippen molar-refractivity contribution in [3.05, 3.63) is 60.6 Å². The zero-order chi connectivity index (χ0) is 17.8. The first-order valence-corrected chi connectivity index (χ1v) is 8.57. The molecule has 2 aromatic heterocycles. The van der Waals surface area contributed by atoms with E-state index in [2.05, 4.69) is 20.2 Å². The maximum atomic E-state index is 5.97. The Balaban J connectivity index is 1.48. The van der Waals surface area contributed by atoms with E-state index >= 15 is 0 Å². The summed E-state index contributed by atoms with van der Waals surface area (Å²) in [5, 5.41) is 6.92. The first kappa shape index (κ1) is 16.4. The van der Waals surface area contributed by atoms with Crippen LogP contribution in [0.3, 0.4) is 0 Å². The number of imidazole rings is 1. The Kier molecular flexibility index (Phi) is 4.66. The fourth-order valence-electron chi connectivity index (χ4n) is 2.86. The van der Waals surface area contributed by atoms with Crippen molar-refractivity contribution in [1.82, 2.24) is 20.2 Å². The van der Waals surface area contributed by atoms with Crippen molar-refractivity contribution >= 4 is 11.0 Å². The number of aryl methyl sites for hydroxylation is 1. The second kappa shape index (κ2) is 7.41. The average Bonchev–Trinajstić information content (AvgIpc) is 3.32. The summed E-state index contributed by atoms with van der Waals surface area (Å²) in [6, 6.07) is 15.7. The van der Waals surface area contributed by atoms with Gasteiger partial charge in [0.05, 0.1) is 16.7 Å². The van der Waals surface area contributed by atoms with Crippen LogP contribution in [0, 0.1) is 0 Å². The maximum absolute atomic E-state index is 5.97. The van der Waals surface area contributed by atoms with Crippen molar-refractivity contribution < 1.29 is 9.47 Å². The normalized spacial score (nSPS) is 11.1. The molecule has 2 heterocycles. The number of nitrogens with one attached hydrogen (secondary N) is 2. The molecule has 6 heteroatoms. The molecule has 0 bridgehead atoms. The van der Waals surface area contributed by atoms with Gasteiger partial charge in [-0.3, -0.25) is 5.10 Å². The molecule has 0 aliphatic heterocycles. The van der Waals surface area contributed by atoms with Crippen molar-refractivity contribution in [3.63, 3.8) is 0 Å². The average molecular weight is 348 g/mol. The van der Waals surface area contributed by atoms with Crippen LogP contribution in [-0.2, 0) is 11.2 Å². The molecule has 0 saturated carbocycles. The third-order valence-electron chi connectivity index (χ3n) is 4.17. The van der Waals surface area contributed by atoms with Gasteiger partial charge in [0.25, 0.3) is 0 Å². The second-order valence-electron chi connectivity index (χ2n) is 6.06. The second-order valence-corrected chi connectivity index (χ2v) is 6.06. The lowest BCUT2D eigenvalue weighted by atomic mass is 10.1. The number of rotatable bonds is 7. The number of benzene rings is 2. The highest BCUT2D eigenvalue weighted by Crippen LogP contribution is 2.27. The Hall–Kier alpha value is -3.12. The van der Waals surface area contributed by atoms with Crippen LogP contribution in [-0.4, -0.2) is 33.9 Å². The fourth-order valence-corrected chi connectivity index (χ4v) is 2.86. The molecule has 4 aromatic rings. The molecule has 0 spiro atoms. The number of fused-ring (bicyclic) bond motifs is 1. The van der Waals surface area contributed by atoms with E-state index in [1.165, 1.54) is 0 Å². The highest BCUT2D eigenvalue weighted by Gasteiger charge is 2.06. The van der Waals surface area contributed by atoms with Crippen molar-refractivity contribution in [1.29, 1.82) is 0 Å². The molecular weight excluding hydrogens is 328 g/mol. The monoisotopic (exact) mass is 348 g/mol. The summed E-state index contributed by atoms with van der Waals surface area (Å²) >= 11 is 0. The number of aromatic amines is 2. The van der Waals surface area contributed by atoms with Gasteiger partial charge in [0.15, 0.2) is 0 Å². The lowest BCUT2D eigenvalue weighted by Crippen LogP contribution is -1.93. The Labute approximate surface area is 151 Å². The third kappa shape index (κ3) is 3.60. The van der Waals surface area contributed by atoms with Gasteiger partial charge in [-0.1, -0.05) is 0 Å². The van der Waals surface area contributed by atoms with Gasteiger partial charge < -0.3 is 14.5 Å². The van der Waals surface area contributed by atoms with E-state index in [1.54, 1.807) is 13.3 Å². The zero-order valence-electron chi connectivity index (χ0n) is 14.5. The van der Waals surface area contributed by atoms with Gasteiger partial charge in [0.2, 0.25) is 0 Å². The minimum Gasteiger partial charge on any atom is -0.457 e. The summed E-state index contributed by atoms with van der Waals surface area (Å²) < 4.78 is 11.1. The molecule has 0 unspecified atom stereocenters. The van der Waals surface area contributed by atoms with Crippen LogP contribution in [0.25, 0.3) is 22.3 Å². The van der Waals surface area contributed by atoms with Crippen molar-refractivity contribution in [2.24, 2.45) is 0 Å².